The number of hydrazine groups is 2. The van der Waals surface area contributed by atoms with Gasteiger partial charge in [-0.25, -0.2) is 14.4 Å². The number of nitrogens with one attached hydrogen (secondary N) is 1. The standard InChI is InChI=1S/C8H7N3O4.CH3NO2/c12-7(13)10-5-3-1-2-4-6(5)11(9-10)8(14)15;2-1(3)4/h1-4,9H,(H,12,13)(H,14,15);2H2,(H,3,4). The maximum absolute atomic E-state index is 10.8. The third-order valence-corrected chi connectivity index (χ3v) is 1.95. The van der Waals surface area contributed by atoms with Crippen LogP contribution in [0.1, 0.15) is 0 Å². The van der Waals surface area contributed by atoms with Crippen LogP contribution < -0.4 is 21.3 Å². The van der Waals surface area contributed by atoms with Crippen molar-refractivity contribution in [3.05, 3.63) is 24.3 Å². The highest BCUT2D eigenvalue weighted by atomic mass is 16.4. The first-order chi connectivity index (χ1) is 8.84. The van der Waals surface area contributed by atoms with Gasteiger partial charge in [-0.2, -0.15) is 10.0 Å². The third-order valence-electron chi connectivity index (χ3n) is 1.95. The topological polar surface area (TPSA) is 156 Å². The number of anilines is 2. The summed E-state index contributed by atoms with van der Waals surface area (Å²) >= 11 is 0. The van der Waals surface area contributed by atoms with Crippen LogP contribution in [-0.2, 0) is 0 Å². The van der Waals surface area contributed by atoms with E-state index >= 15 is 0 Å². The Labute approximate surface area is 106 Å². The second-order valence-electron chi connectivity index (χ2n) is 3.16. The van der Waals surface area contributed by atoms with Crippen LogP contribution in [0, 0.1) is 0 Å². The van der Waals surface area contributed by atoms with Gasteiger partial charge in [0.1, 0.15) is 0 Å². The summed E-state index contributed by atoms with van der Waals surface area (Å²) in [4.78, 5) is 30.3. The first-order valence-corrected chi connectivity index (χ1v) is 4.74. The van der Waals surface area contributed by atoms with E-state index in [0.29, 0.717) is 0 Å². The highest BCUT2D eigenvalue weighted by Crippen LogP contribution is 2.32. The number of fused-ring (bicyclic) bond motifs is 1. The summed E-state index contributed by atoms with van der Waals surface area (Å²) in [6.07, 6.45) is -3.88. The number of hydrogen-bond acceptors (Lipinski definition) is 4. The molecular weight excluding hydrogens is 260 g/mol. The monoisotopic (exact) mass is 270 g/mol. The highest BCUT2D eigenvalue weighted by molar-refractivity contribution is 6.00. The zero-order valence-corrected chi connectivity index (χ0v) is 9.35. The van der Waals surface area contributed by atoms with Gasteiger partial charge < -0.3 is 21.1 Å². The predicted molar refractivity (Wildman–Crippen MR) is 62.8 cm³/mol. The molecule has 1 aliphatic heterocycles. The number of rotatable bonds is 0. The molecule has 0 fully saturated rings. The van der Waals surface area contributed by atoms with E-state index in [1.807, 2.05) is 0 Å². The van der Waals surface area contributed by atoms with Crippen molar-refractivity contribution in [3.8, 4) is 0 Å². The van der Waals surface area contributed by atoms with E-state index in [1.165, 1.54) is 12.1 Å². The first kappa shape index (κ1) is 14.1. The van der Waals surface area contributed by atoms with Gasteiger partial charge in [-0.3, -0.25) is 0 Å². The fourth-order valence-electron chi connectivity index (χ4n) is 1.34. The number of nitrogens with two attached hydrogens (primary N) is 1. The smallest absolute Gasteiger partial charge is 0.428 e. The van der Waals surface area contributed by atoms with Crippen molar-refractivity contribution in [1.82, 2.24) is 5.53 Å². The molecule has 0 bridgehead atoms. The average Bonchev–Trinajstić information content (AvgIpc) is 2.67. The Morgan fingerprint density at radius 3 is 1.53 bits per heavy atom. The second kappa shape index (κ2) is 5.55. The minimum atomic E-state index is -1.33. The summed E-state index contributed by atoms with van der Waals surface area (Å²) in [6.45, 7) is 0. The van der Waals surface area contributed by atoms with Crippen molar-refractivity contribution in [3.63, 3.8) is 0 Å². The number of nitrogens with zero attached hydrogens (tertiary/aromatic N) is 2. The fraction of sp³-hybridized carbons (Fsp3) is 0. The van der Waals surface area contributed by atoms with Crippen molar-refractivity contribution in [2.24, 2.45) is 5.73 Å². The van der Waals surface area contributed by atoms with Gasteiger partial charge in [0.25, 0.3) is 0 Å². The maximum atomic E-state index is 10.8. The van der Waals surface area contributed by atoms with Crippen LogP contribution in [0.3, 0.4) is 0 Å². The zero-order chi connectivity index (χ0) is 14.6. The second-order valence-corrected chi connectivity index (χ2v) is 3.16. The maximum Gasteiger partial charge on any atom is 0.428 e. The minimum Gasteiger partial charge on any atom is -0.465 e. The first-order valence-electron chi connectivity index (χ1n) is 4.74. The van der Waals surface area contributed by atoms with Gasteiger partial charge >= 0.3 is 18.3 Å². The molecule has 1 aromatic carbocycles. The Hall–Kier alpha value is -3.01. The number of benzene rings is 1. The summed E-state index contributed by atoms with van der Waals surface area (Å²) in [5.41, 5.74) is 6.82. The SMILES string of the molecule is NC(=O)O.O=C(O)N1NN(C(=O)O)c2ccccc21. The third kappa shape index (κ3) is 3.23. The molecule has 1 heterocycles. The van der Waals surface area contributed by atoms with E-state index in [0.717, 1.165) is 10.0 Å². The van der Waals surface area contributed by atoms with E-state index in [9.17, 15) is 9.59 Å². The van der Waals surface area contributed by atoms with Gasteiger partial charge in [-0.05, 0) is 12.1 Å². The van der Waals surface area contributed by atoms with Crippen molar-refractivity contribution in [2.75, 3.05) is 10.0 Å². The molecule has 1 aliphatic rings. The predicted octanol–water partition coefficient (Wildman–Crippen LogP) is 0.712. The molecular formula is C9H10N4O6. The minimum absolute atomic E-state index is 0.285. The van der Waals surface area contributed by atoms with Crippen molar-refractivity contribution < 1.29 is 29.7 Å². The summed E-state index contributed by atoms with van der Waals surface area (Å²) in [6, 6.07) is 6.28. The van der Waals surface area contributed by atoms with Crippen LogP contribution in [0.15, 0.2) is 24.3 Å². The van der Waals surface area contributed by atoms with Gasteiger partial charge in [-0.1, -0.05) is 12.1 Å². The van der Waals surface area contributed by atoms with Gasteiger partial charge in [-0.15, -0.1) is 5.53 Å². The molecule has 102 valence electrons. The summed E-state index contributed by atoms with van der Waals surface area (Å²) in [7, 11) is 0. The van der Waals surface area contributed by atoms with Gasteiger partial charge in [0.15, 0.2) is 0 Å². The average molecular weight is 270 g/mol. The fourth-order valence-corrected chi connectivity index (χ4v) is 1.34. The lowest BCUT2D eigenvalue weighted by molar-refractivity contribution is 0.192. The number of amides is 3. The van der Waals surface area contributed by atoms with Gasteiger partial charge in [0.05, 0.1) is 11.4 Å². The lowest BCUT2D eigenvalue weighted by atomic mass is 10.2. The molecule has 1 aromatic rings. The van der Waals surface area contributed by atoms with Crippen molar-refractivity contribution in [1.29, 1.82) is 0 Å². The van der Waals surface area contributed by atoms with Crippen LogP contribution in [0.5, 0.6) is 0 Å². The number of primary amides is 1. The lowest BCUT2D eigenvalue weighted by Gasteiger charge is -2.14. The molecule has 3 amide bonds. The Morgan fingerprint density at radius 2 is 1.26 bits per heavy atom. The van der Waals surface area contributed by atoms with Crippen molar-refractivity contribution in [2.45, 2.75) is 0 Å². The van der Waals surface area contributed by atoms with E-state index in [4.69, 9.17) is 20.1 Å². The van der Waals surface area contributed by atoms with Crippen LogP contribution in [0.2, 0.25) is 0 Å². The molecule has 10 nitrogen and oxygen atoms in total. The molecule has 0 atom stereocenters. The van der Waals surface area contributed by atoms with Crippen LogP contribution in [0.25, 0.3) is 0 Å². The largest absolute Gasteiger partial charge is 0.465 e. The molecule has 19 heavy (non-hydrogen) atoms. The van der Waals surface area contributed by atoms with E-state index in [2.05, 4.69) is 11.3 Å². The Bertz CT molecular complexity index is 476. The Kier molecular flexibility index (Phi) is 4.11. The molecule has 2 rings (SSSR count). The molecule has 0 aromatic heterocycles. The molecule has 0 saturated carbocycles. The molecule has 0 spiro atoms. The lowest BCUT2D eigenvalue weighted by Crippen LogP contribution is -2.49. The summed E-state index contributed by atoms with van der Waals surface area (Å²) in [5.74, 6) is 0. The zero-order valence-electron chi connectivity index (χ0n) is 9.35. The summed E-state index contributed by atoms with van der Waals surface area (Å²) in [5, 5.41) is 26.3. The van der Waals surface area contributed by atoms with Crippen LogP contribution in [-0.4, -0.2) is 33.6 Å². The van der Waals surface area contributed by atoms with Crippen LogP contribution >= 0.6 is 0 Å². The highest BCUT2D eigenvalue weighted by Gasteiger charge is 2.33. The molecule has 0 aliphatic carbocycles. The number of carbonyl (C=O) groups is 3. The van der Waals surface area contributed by atoms with Gasteiger partial charge in [0.2, 0.25) is 0 Å². The van der Waals surface area contributed by atoms with Gasteiger partial charge in [0, 0.05) is 0 Å². The van der Waals surface area contributed by atoms with Crippen LogP contribution in [0.4, 0.5) is 25.8 Å². The van der Waals surface area contributed by atoms with E-state index < -0.39 is 18.3 Å². The molecule has 10 heteroatoms. The number of hydrogen-bond donors (Lipinski definition) is 5. The molecule has 6 N–H and O–H groups in total. The van der Waals surface area contributed by atoms with E-state index in [-0.39, 0.29) is 11.4 Å². The van der Waals surface area contributed by atoms with Crippen molar-refractivity contribution >= 4 is 29.7 Å². The molecule has 0 radical (unpaired) electrons. The summed E-state index contributed by atoms with van der Waals surface area (Å²) < 4.78 is 0. The van der Waals surface area contributed by atoms with E-state index in [1.54, 1.807) is 12.1 Å². The Balaban J connectivity index is 0.000000399. The Morgan fingerprint density at radius 1 is 0.947 bits per heavy atom. The number of carboxylic acid groups (broad SMARTS) is 3. The number of para-hydroxylation sites is 2. The normalized spacial score (nSPS) is 12.2. The molecule has 0 saturated heterocycles. The quantitative estimate of drug-likeness (QED) is 0.464. The molecule has 0 unspecified atom stereocenters.